The lowest BCUT2D eigenvalue weighted by atomic mass is 10.0. The lowest BCUT2D eigenvalue weighted by molar-refractivity contribution is -0.130. The summed E-state index contributed by atoms with van der Waals surface area (Å²) in [6.45, 7) is 0. The second-order valence-corrected chi connectivity index (χ2v) is 3.33. The second kappa shape index (κ2) is 4.09. The number of carboxylic acid groups (broad SMARTS) is 1. The highest BCUT2D eigenvalue weighted by Gasteiger charge is 2.30. The highest BCUT2D eigenvalue weighted by molar-refractivity contribution is 6.27. The Labute approximate surface area is 95.9 Å². The Morgan fingerprint density at radius 1 is 1.06 bits per heavy atom. The predicted octanol–water partition coefficient (Wildman–Crippen LogP) is 0.322. The largest absolute Gasteiger partial charge is 0.478 e. The molecule has 6 nitrogen and oxygen atoms in total. The van der Waals surface area contributed by atoms with Gasteiger partial charge in [0.15, 0.2) is 0 Å². The van der Waals surface area contributed by atoms with E-state index >= 15 is 0 Å². The Morgan fingerprint density at radius 3 is 2.18 bits per heavy atom. The van der Waals surface area contributed by atoms with E-state index in [0.717, 1.165) is 0 Å². The number of amides is 3. The summed E-state index contributed by atoms with van der Waals surface area (Å²) >= 11 is 0. The molecule has 1 aliphatic heterocycles. The van der Waals surface area contributed by atoms with Gasteiger partial charge in [0.1, 0.15) is 5.70 Å². The van der Waals surface area contributed by atoms with Gasteiger partial charge in [0.2, 0.25) is 0 Å². The van der Waals surface area contributed by atoms with Gasteiger partial charge in [0.05, 0.1) is 5.57 Å². The predicted molar refractivity (Wildman–Crippen MR) is 57.7 cm³/mol. The van der Waals surface area contributed by atoms with Crippen molar-refractivity contribution in [3.8, 4) is 0 Å². The van der Waals surface area contributed by atoms with Crippen LogP contribution in [0.15, 0.2) is 36.0 Å². The molecular formula is C11H8N2O4. The van der Waals surface area contributed by atoms with Crippen LogP contribution in [-0.4, -0.2) is 23.0 Å². The number of benzene rings is 1. The Bertz CT molecular complexity index is 534. The van der Waals surface area contributed by atoms with Gasteiger partial charge in [-0.25, -0.2) is 9.59 Å². The maximum absolute atomic E-state index is 11.4. The van der Waals surface area contributed by atoms with Crippen LogP contribution in [0.4, 0.5) is 4.79 Å². The highest BCUT2D eigenvalue weighted by atomic mass is 16.4. The van der Waals surface area contributed by atoms with Crippen LogP contribution in [-0.2, 0) is 9.59 Å². The van der Waals surface area contributed by atoms with Gasteiger partial charge in [-0.3, -0.25) is 10.1 Å². The summed E-state index contributed by atoms with van der Waals surface area (Å²) in [7, 11) is 0. The van der Waals surface area contributed by atoms with E-state index in [2.05, 4.69) is 5.32 Å². The van der Waals surface area contributed by atoms with Crippen molar-refractivity contribution in [1.29, 1.82) is 0 Å². The SMILES string of the molecule is O=C1NC(=O)/C(=C(/C(=O)O)c2ccccc2)N1. The third-order valence-electron chi connectivity index (χ3n) is 2.22. The second-order valence-electron chi connectivity index (χ2n) is 3.33. The molecule has 1 heterocycles. The topological polar surface area (TPSA) is 95.5 Å². The van der Waals surface area contributed by atoms with E-state index in [-0.39, 0.29) is 11.3 Å². The van der Waals surface area contributed by atoms with Crippen molar-refractivity contribution in [3.05, 3.63) is 41.6 Å². The summed E-state index contributed by atoms with van der Waals surface area (Å²) in [6, 6.07) is 7.39. The first kappa shape index (κ1) is 10.9. The molecule has 6 heteroatoms. The van der Waals surface area contributed by atoms with Crippen LogP contribution >= 0.6 is 0 Å². The molecule has 1 aromatic rings. The summed E-state index contributed by atoms with van der Waals surface area (Å²) in [5, 5.41) is 13.2. The molecule has 17 heavy (non-hydrogen) atoms. The fourth-order valence-corrected chi connectivity index (χ4v) is 1.52. The first-order valence-corrected chi connectivity index (χ1v) is 4.75. The van der Waals surface area contributed by atoms with E-state index in [1.54, 1.807) is 30.3 Å². The zero-order chi connectivity index (χ0) is 12.4. The van der Waals surface area contributed by atoms with Crippen LogP contribution in [0.3, 0.4) is 0 Å². The molecule has 3 amide bonds. The Hall–Kier alpha value is -2.63. The van der Waals surface area contributed by atoms with E-state index in [9.17, 15) is 14.4 Å². The fraction of sp³-hybridized carbons (Fsp3) is 0. The Morgan fingerprint density at radius 2 is 1.71 bits per heavy atom. The molecule has 0 spiro atoms. The van der Waals surface area contributed by atoms with Crippen molar-refractivity contribution in [2.75, 3.05) is 0 Å². The van der Waals surface area contributed by atoms with Crippen molar-refractivity contribution < 1.29 is 19.5 Å². The number of aliphatic carboxylic acids is 1. The summed E-state index contributed by atoms with van der Waals surface area (Å²) in [5.74, 6) is -2.01. The van der Waals surface area contributed by atoms with Gasteiger partial charge in [-0.15, -0.1) is 0 Å². The van der Waals surface area contributed by atoms with E-state index in [1.807, 2.05) is 5.32 Å². The standard InChI is InChI=1S/C11H8N2O4/c14-9-8(12-11(17)13-9)7(10(15)16)6-4-2-1-3-5-6/h1-5H,(H,15,16)(H2,12,13,14,17)/b8-7-. The van der Waals surface area contributed by atoms with Crippen LogP contribution in [0.25, 0.3) is 5.57 Å². The van der Waals surface area contributed by atoms with E-state index in [1.165, 1.54) is 0 Å². The molecule has 0 saturated carbocycles. The molecule has 3 N–H and O–H groups in total. The molecule has 1 aliphatic rings. The first-order chi connectivity index (χ1) is 8.09. The molecule has 0 aliphatic carbocycles. The lowest BCUT2D eigenvalue weighted by Crippen LogP contribution is -2.22. The smallest absolute Gasteiger partial charge is 0.338 e. The van der Waals surface area contributed by atoms with Crippen LogP contribution in [0.5, 0.6) is 0 Å². The number of imide groups is 1. The normalized spacial score (nSPS) is 17.4. The third-order valence-corrected chi connectivity index (χ3v) is 2.22. The number of urea groups is 1. The lowest BCUT2D eigenvalue weighted by Gasteiger charge is -2.04. The molecule has 0 atom stereocenters. The van der Waals surface area contributed by atoms with Crippen LogP contribution in [0, 0.1) is 0 Å². The van der Waals surface area contributed by atoms with E-state index in [0.29, 0.717) is 5.56 Å². The van der Waals surface area contributed by atoms with Gasteiger partial charge < -0.3 is 10.4 Å². The molecule has 1 aromatic carbocycles. The number of carboxylic acids is 1. The summed E-state index contributed by atoms with van der Waals surface area (Å²) in [4.78, 5) is 33.5. The average molecular weight is 232 g/mol. The molecule has 2 rings (SSSR count). The van der Waals surface area contributed by atoms with Gasteiger partial charge in [0.25, 0.3) is 5.91 Å². The van der Waals surface area contributed by atoms with E-state index in [4.69, 9.17) is 5.11 Å². The van der Waals surface area contributed by atoms with Gasteiger partial charge in [0, 0.05) is 0 Å². The minimum Gasteiger partial charge on any atom is -0.478 e. The number of carbonyl (C=O) groups is 3. The van der Waals surface area contributed by atoms with Crippen molar-refractivity contribution in [2.24, 2.45) is 0 Å². The maximum atomic E-state index is 11.4. The summed E-state index contributed by atoms with van der Waals surface area (Å²) in [5.41, 5.74) is -0.116. The van der Waals surface area contributed by atoms with Crippen molar-refractivity contribution in [1.82, 2.24) is 10.6 Å². The molecule has 0 radical (unpaired) electrons. The molecule has 0 unspecified atom stereocenters. The zero-order valence-corrected chi connectivity index (χ0v) is 8.56. The minimum atomic E-state index is -1.27. The summed E-state index contributed by atoms with van der Waals surface area (Å²) < 4.78 is 0. The molecule has 1 fully saturated rings. The maximum Gasteiger partial charge on any atom is 0.338 e. The van der Waals surface area contributed by atoms with Gasteiger partial charge in [-0.1, -0.05) is 30.3 Å². The van der Waals surface area contributed by atoms with Crippen LogP contribution in [0.2, 0.25) is 0 Å². The number of hydrogen-bond donors (Lipinski definition) is 3. The fourth-order valence-electron chi connectivity index (χ4n) is 1.52. The van der Waals surface area contributed by atoms with Gasteiger partial charge in [-0.05, 0) is 5.56 Å². The third kappa shape index (κ3) is 2.00. The number of hydrogen-bond acceptors (Lipinski definition) is 3. The minimum absolute atomic E-state index is 0.228. The summed E-state index contributed by atoms with van der Waals surface area (Å²) in [6.07, 6.45) is 0. The monoisotopic (exact) mass is 232 g/mol. The van der Waals surface area contributed by atoms with Crippen molar-refractivity contribution in [2.45, 2.75) is 0 Å². The Kier molecular flexibility index (Phi) is 2.61. The molecule has 1 saturated heterocycles. The van der Waals surface area contributed by atoms with Gasteiger partial charge in [-0.2, -0.15) is 0 Å². The molecule has 0 aromatic heterocycles. The molecule has 86 valence electrons. The molecule has 0 bridgehead atoms. The average Bonchev–Trinajstić information content (AvgIpc) is 2.59. The number of rotatable bonds is 2. The van der Waals surface area contributed by atoms with Crippen LogP contribution in [0.1, 0.15) is 5.56 Å². The van der Waals surface area contributed by atoms with Crippen molar-refractivity contribution in [3.63, 3.8) is 0 Å². The quantitative estimate of drug-likeness (QED) is 0.505. The number of nitrogens with one attached hydrogen (secondary N) is 2. The van der Waals surface area contributed by atoms with Gasteiger partial charge >= 0.3 is 12.0 Å². The van der Waals surface area contributed by atoms with Crippen LogP contribution < -0.4 is 10.6 Å². The van der Waals surface area contributed by atoms with E-state index < -0.39 is 17.9 Å². The highest BCUT2D eigenvalue weighted by Crippen LogP contribution is 2.19. The Balaban J connectivity index is 2.57. The first-order valence-electron chi connectivity index (χ1n) is 4.75. The molecular weight excluding hydrogens is 224 g/mol. The van der Waals surface area contributed by atoms with Crippen molar-refractivity contribution >= 4 is 23.5 Å². The zero-order valence-electron chi connectivity index (χ0n) is 8.56. The number of carbonyl (C=O) groups excluding carboxylic acids is 2.